The van der Waals surface area contributed by atoms with E-state index in [1.54, 1.807) is 12.1 Å². The summed E-state index contributed by atoms with van der Waals surface area (Å²) >= 11 is 0. The standard InChI is InChI=1S/C15H10F2N2O2/c16-8-2-1-3-9(17)14(8)15-18-10-6-12-13(7-11(10)19-15)21-5-4-20-12/h1-3,6-7H,4-5H2,(H,18,19). The molecule has 0 saturated heterocycles. The van der Waals surface area contributed by atoms with Crippen LogP contribution in [0.4, 0.5) is 8.78 Å². The molecule has 0 spiro atoms. The van der Waals surface area contributed by atoms with Crippen molar-refractivity contribution < 1.29 is 18.3 Å². The number of nitrogens with one attached hydrogen (secondary N) is 1. The summed E-state index contributed by atoms with van der Waals surface area (Å²) in [4.78, 5) is 7.16. The quantitative estimate of drug-likeness (QED) is 0.747. The van der Waals surface area contributed by atoms with Crippen molar-refractivity contribution in [1.82, 2.24) is 9.97 Å². The van der Waals surface area contributed by atoms with E-state index in [0.717, 1.165) is 0 Å². The van der Waals surface area contributed by atoms with Crippen molar-refractivity contribution in [2.45, 2.75) is 0 Å². The van der Waals surface area contributed by atoms with E-state index in [4.69, 9.17) is 9.47 Å². The fourth-order valence-electron chi connectivity index (χ4n) is 2.39. The summed E-state index contributed by atoms with van der Waals surface area (Å²) in [5, 5.41) is 0. The summed E-state index contributed by atoms with van der Waals surface area (Å²) in [5.74, 6) is -0.000605. The predicted molar refractivity (Wildman–Crippen MR) is 72.4 cm³/mol. The monoisotopic (exact) mass is 288 g/mol. The van der Waals surface area contributed by atoms with E-state index in [-0.39, 0.29) is 11.4 Å². The van der Waals surface area contributed by atoms with Crippen molar-refractivity contribution in [3.8, 4) is 22.9 Å². The lowest BCUT2D eigenvalue weighted by molar-refractivity contribution is 0.172. The summed E-state index contributed by atoms with van der Waals surface area (Å²) in [6.45, 7) is 0.944. The van der Waals surface area contributed by atoms with Crippen LogP contribution in [0.25, 0.3) is 22.4 Å². The molecule has 0 fully saturated rings. The van der Waals surface area contributed by atoms with Crippen molar-refractivity contribution in [1.29, 1.82) is 0 Å². The molecule has 1 N–H and O–H groups in total. The fraction of sp³-hybridized carbons (Fsp3) is 0.133. The van der Waals surface area contributed by atoms with E-state index in [0.29, 0.717) is 35.7 Å². The summed E-state index contributed by atoms with van der Waals surface area (Å²) in [6, 6.07) is 7.13. The molecule has 6 heteroatoms. The van der Waals surface area contributed by atoms with Crippen molar-refractivity contribution in [2.24, 2.45) is 0 Å². The minimum Gasteiger partial charge on any atom is -0.486 e. The zero-order valence-corrected chi connectivity index (χ0v) is 10.8. The number of nitrogens with zero attached hydrogens (tertiary/aromatic N) is 1. The van der Waals surface area contributed by atoms with E-state index in [9.17, 15) is 8.78 Å². The molecular formula is C15H10F2N2O2. The number of imidazole rings is 1. The minimum atomic E-state index is -0.661. The zero-order chi connectivity index (χ0) is 14.4. The van der Waals surface area contributed by atoms with Crippen LogP contribution in [-0.2, 0) is 0 Å². The van der Waals surface area contributed by atoms with Crippen LogP contribution in [-0.4, -0.2) is 23.2 Å². The highest BCUT2D eigenvalue weighted by atomic mass is 19.1. The molecule has 0 bridgehead atoms. The Kier molecular flexibility index (Phi) is 2.57. The van der Waals surface area contributed by atoms with Gasteiger partial charge in [0.15, 0.2) is 11.5 Å². The molecule has 1 aliphatic heterocycles. The number of H-pyrrole nitrogens is 1. The van der Waals surface area contributed by atoms with Gasteiger partial charge in [0, 0.05) is 12.1 Å². The van der Waals surface area contributed by atoms with Gasteiger partial charge in [0.2, 0.25) is 0 Å². The lowest BCUT2D eigenvalue weighted by Gasteiger charge is -2.17. The van der Waals surface area contributed by atoms with E-state index >= 15 is 0 Å². The number of aromatic amines is 1. The fourth-order valence-corrected chi connectivity index (χ4v) is 2.39. The van der Waals surface area contributed by atoms with Gasteiger partial charge in [-0.2, -0.15) is 0 Å². The summed E-state index contributed by atoms with van der Waals surface area (Å²) in [6.07, 6.45) is 0. The average molecular weight is 288 g/mol. The van der Waals surface area contributed by atoms with Gasteiger partial charge in [-0.3, -0.25) is 0 Å². The van der Waals surface area contributed by atoms with Crippen LogP contribution in [0.5, 0.6) is 11.5 Å². The van der Waals surface area contributed by atoms with Gasteiger partial charge in [-0.1, -0.05) is 6.07 Å². The molecule has 3 aromatic rings. The number of ether oxygens (including phenoxy) is 2. The Morgan fingerprint density at radius 1 is 1.00 bits per heavy atom. The molecule has 21 heavy (non-hydrogen) atoms. The van der Waals surface area contributed by atoms with Gasteiger partial charge in [-0.25, -0.2) is 13.8 Å². The molecule has 1 aliphatic rings. The van der Waals surface area contributed by atoms with Crippen LogP contribution >= 0.6 is 0 Å². The number of hydrogen-bond donors (Lipinski definition) is 1. The SMILES string of the molecule is Fc1cccc(F)c1-c1nc2cc3c(cc2[nH]1)OCCO3. The molecule has 4 rings (SSSR count). The zero-order valence-electron chi connectivity index (χ0n) is 10.8. The Balaban J connectivity index is 1.91. The molecule has 0 aliphatic carbocycles. The molecule has 2 aromatic carbocycles. The Morgan fingerprint density at radius 2 is 1.67 bits per heavy atom. The average Bonchev–Trinajstić information content (AvgIpc) is 2.86. The van der Waals surface area contributed by atoms with Crippen molar-refractivity contribution in [3.63, 3.8) is 0 Å². The number of rotatable bonds is 1. The maximum atomic E-state index is 13.8. The van der Waals surface area contributed by atoms with Gasteiger partial charge >= 0.3 is 0 Å². The molecule has 0 unspecified atom stereocenters. The Bertz CT molecular complexity index is 782. The Hall–Kier alpha value is -2.63. The van der Waals surface area contributed by atoms with Gasteiger partial charge in [-0.15, -0.1) is 0 Å². The van der Waals surface area contributed by atoms with Gasteiger partial charge in [0.1, 0.15) is 30.7 Å². The summed E-state index contributed by atoms with van der Waals surface area (Å²) in [5.41, 5.74) is 1.03. The van der Waals surface area contributed by atoms with Crippen molar-refractivity contribution >= 4 is 11.0 Å². The van der Waals surface area contributed by atoms with Crippen LogP contribution in [0.15, 0.2) is 30.3 Å². The first-order chi connectivity index (χ1) is 10.2. The van der Waals surface area contributed by atoms with Crippen LogP contribution in [0.1, 0.15) is 0 Å². The smallest absolute Gasteiger partial charge is 0.163 e. The van der Waals surface area contributed by atoms with E-state index in [1.807, 2.05) is 0 Å². The second-order valence-electron chi connectivity index (χ2n) is 4.70. The highest BCUT2D eigenvalue weighted by Gasteiger charge is 2.18. The highest BCUT2D eigenvalue weighted by Crippen LogP contribution is 2.35. The first-order valence-corrected chi connectivity index (χ1v) is 6.46. The minimum absolute atomic E-state index is 0.142. The van der Waals surface area contributed by atoms with E-state index in [1.165, 1.54) is 18.2 Å². The summed E-state index contributed by atoms with van der Waals surface area (Å²) in [7, 11) is 0. The maximum absolute atomic E-state index is 13.8. The lowest BCUT2D eigenvalue weighted by atomic mass is 10.2. The molecule has 2 heterocycles. The molecule has 1 aromatic heterocycles. The largest absolute Gasteiger partial charge is 0.486 e. The molecule has 0 radical (unpaired) electrons. The number of halogens is 2. The van der Waals surface area contributed by atoms with Crippen LogP contribution in [0, 0.1) is 11.6 Å². The molecule has 4 nitrogen and oxygen atoms in total. The van der Waals surface area contributed by atoms with E-state index in [2.05, 4.69) is 9.97 Å². The topological polar surface area (TPSA) is 47.1 Å². The summed E-state index contributed by atoms with van der Waals surface area (Å²) < 4.78 is 38.6. The van der Waals surface area contributed by atoms with Gasteiger partial charge < -0.3 is 14.5 Å². The highest BCUT2D eigenvalue weighted by molar-refractivity contribution is 5.83. The van der Waals surface area contributed by atoms with Gasteiger partial charge in [0.05, 0.1) is 16.6 Å². The van der Waals surface area contributed by atoms with Gasteiger partial charge in [-0.05, 0) is 12.1 Å². The second-order valence-corrected chi connectivity index (χ2v) is 4.70. The normalized spacial score (nSPS) is 13.6. The molecule has 0 amide bonds. The number of benzene rings is 2. The number of aromatic nitrogens is 2. The molecule has 0 atom stereocenters. The number of hydrogen-bond acceptors (Lipinski definition) is 3. The second kappa shape index (κ2) is 4.44. The Morgan fingerprint density at radius 3 is 2.38 bits per heavy atom. The Labute approximate surface area is 118 Å². The number of fused-ring (bicyclic) bond motifs is 2. The van der Waals surface area contributed by atoms with Crippen molar-refractivity contribution in [2.75, 3.05) is 13.2 Å². The van der Waals surface area contributed by atoms with E-state index < -0.39 is 11.6 Å². The van der Waals surface area contributed by atoms with Gasteiger partial charge in [0.25, 0.3) is 0 Å². The van der Waals surface area contributed by atoms with Crippen LogP contribution < -0.4 is 9.47 Å². The first kappa shape index (κ1) is 12.1. The molecule has 0 saturated carbocycles. The maximum Gasteiger partial charge on any atom is 0.163 e. The third-order valence-corrected chi connectivity index (χ3v) is 3.35. The van der Waals surface area contributed by atoms with Crippen molar-refractivity contribution in [3.05, 3.63) is 42.0 Å². The first-order valence-electron chi connectivity index (χ1n) is 6.46. The lowest BCUT2D eigenvalue weighted by Crippen LogP contribution is -2.15. The third-order valence-electron chi connectivity index (χ3n) is 3.35. The molecular weight excluding hydrogens is 278 g/mol. The third kappa shape index (κ3) is 1.91. The molecule has 106 valence electrons. The predicted octanol–water partition coefficient (Wildman–Crippen LogP) is 3.28. The van der Waals surface area contributed by atoms with Crippen LogP contribution in [0.3, 0.4) is 0 Å². The van der Waals surface area contributed by atoms with Crippen LogP contribution in [0.2, 0.25) is 0 Å².